The Labute approximate surface area is 71.3 Å². The lowest BCUT2D eigenvalue weighted by atomic mass is 10.2. The average molecular weight is 168 g/mol. The first kappa shape index (κ1) is 8.84. The van der Waals surface area contributed by atoms with Crippen molar-refractivity contribution in [3.05, 3.63) is 23.4 Å². The summed E-state index contributed by atoms with van der Waals surface area (Å²) < 4.78 is 5.03. The van der Waals surface area contributed by atoms with Crippen LogP contribution in [0.2, 0.25) is 0 Å². The molecule has 66 valence electrons. The van der Waals surface area contributed by atoms with Gasteiger partial charge in [-0.1, -0.05) is 13.3 Å². The first-order valence-corrected chi connectivity index (χ1v) is 3.99. The molecule has 1 aliphatic heterocycles. The van der Waals surface area contributed by atoms with Gasteiger partial charge in [0.2, 0.25) is 5.76 Å². The Bertz CT molecular complexity index is 261. The summed E-state index contributed by atoms with van der Waals surface area (Å²) in [6, 6.07) is 0. The summed E-state index contributed by atoms with van der Waals surface area (Å²) in [6.45, 7) is 3.58. The second-order valence-corrected chi connectivity index (χ2v) is 2.69. The molecule has 0 spiro atoms. The molecule has 0 aliphatic carbocycles. The third-order valence-electron chi connectivity index (χ3n) is 1.65. The summed E-state index contributed by atoms with van der Waals surface area (Å²) in [5, 5.41) is 9.10. The molecule has 0 saturated heterocycles. The number of aliphatic hydroxyl groups is 1. The number of aliphatic hydroxyl groups excluding tert-OH is 1. The number of hydrogen-bond donors (Lipinski definition) is 1. The Hall–Kier alpha value is -1.25. The maximum atomic E-state index is 11.1. The highest BCUT2D eigenvalue weighted by Gasteiger charge is 2.26. The number of allylic oxidation sites excluding steroid dienone is 2. The van der Waals surface area contributed by atoms with Crippen LogP contribution in [0.15, 0.2) is 23.4 Å². The molecule has 0 fully saturated rings. The fourth-order valence-corrected chi connectivity index (χ4v) is 0.946. The molecule has 0 saturated carbocycles. The zero-order valence-electron chi connectivity index (χ0n) is 7.26. The molecule has 0 aromatic rings. The monoisotopic (exact) mass is 168 g/mol. The first-order valence-electron chi connectivity index (χ1n) is 3.99. The van der Waals surface area contributed by atoms with Gasteiger partial charge in [0.15, 0.2) is 5.76 Å². The van der Waals surface area contributed by atoms with Crippen molar-refractivity contribution in [1.29, 1.82) is 0 Å². The van der Waals surface area contributed by atoms with Gasteiger partial charge >= 0.3 is 0 Å². The Morgan fingerprint density at radius 2 is 2.25 bits per heavy atom. The number of carbonyl (C=O) groups excluding carboxylic acids is 1. The first-order chi connectivity index (χ1) is 5.66. The highest BCUT2D eigenvalue weighted by atomic mass is 16.5. The highest BCUT2D eigenvalue weighted by molar-refractivity contribution is 6.07. The van der Waals surface area contributed by atoms with Crippen LogP contribution in [-0.4, -0.2) is 10.9 Å². The van der Waals surface area contributed by atoms with E-state index in [0.717, 1.165) is 12.8 Å². The minimum Gasteiger partial charge on any atom is -0.502 e. The van der Waals surface area contributed by atoms with E-state index < -0.39 is 5.78 Å². The third-order valence-corrected chi connectivity index (χ3v) is 1.65. The maximum Gasteiger partial charge on any atom is 0.265 e. The molecular formula is C9H12O3. The van der Waals surface area contributed by atoms with Gasteiger partial charge < -0.3 is 9.84 Å². The van der Waals surface area contributed by atoms with Gasteiger partial charge in [0.25, 0.3) is 5.78 Å². The van der Waals surface area contributed by atoms with Crippen molar-refractivity contribution in [2.75, 3.05) is 0 Å². The number of carbonyl (C=O) groups is 1. The van der Waals surface area contributed by atoms with Crippen molar-refractivity contribution in [2.45, 2.75) is 26.7 Å². The average Bonchev–Trinajstić information content (AvgIpc) is 2.30. The topological polar surface area (TPSA) is 46.5 Å². The SMILES string of the molecule is CCCC=C1OC(C)=C(O)C1=O. The van der Waals surface area contributed by atoms with Crippen LogP contribution >= 0.6 is 0 Å². The molecule has 0 aromatic carbocycles. The molecular weight excluding hydrogens is 156 g/mol. The predicted molar refractivity (Wildman–Crippen MR) is 44.4 cm³/mol. The van der Waals surface area contributed by atoms with Crippen LogP contribution in [-0.2, 0) is 9.53 Å². The molecule has 0 atom stereocenters. The van der Waals surface area contributed by atoms with E-state index in [-0.39, 0.29) is 11.5 Å². The van der Waals surface area contributed by atoms with E-state index in [4.69, 9.17) is 9.84 Å². The Morgan fingerprint density at radius 3 is 2.67 bits per heavy atom. The van der Waals surface area contributed by atoms with E-state index in [1.807, 2.05) is 6.92 Å². The molecule has 12 heavy (non-hydrogen) atoms. The summed E-state index contributed by atoms with van der Waals surface area (Å²) in [5.41, 5.74) is 0. The number of ether oxygens (including phenoxy) is 1. The number of ketones is 1. The van der Waals surface area contributed by atoms with Crippen LogP contribution in [0.3, 0.4) is 0 Å². The van der Waals surface area contributed by atoms with E-state index in [9.17, 15) is 4.79 Å². The molecule has 3 heteroatoms. The number of Topliss-reactive ketones (excluding diaryl/α,β-unsaturated/α-hetero) is 1. The highest BCUT2D eigenvalue weighted by Crippen LogP contribution is 2.22. The Morgan fingerprint density at radius 1 is 1.58 bits per heavy atom. The lowest BCUT2D eigenvalue weighted by molar-refractivity contribution is -0.115. The van der Waals surface area contributed by atoms with Gasteiger partial charge in [-0.25, -0.2) is 0 Å². The van der Waals surface area contributed by atoms with E-state index in [2.05, 4.69) is 0 Å². The van der Waals surface area contributed by atoms with Crippen molar-refractivity contribution < 1.29 is 14.6 Å². The summed E-state index contributed by atoms with van der Waals surface area (Å²) in [5.74, 6) is -0.118. The second-order valence-electron chi connectivity index (χ2n) is 2.69. The van der Waals surface area contributed by atoms with Crippen molar-refractivity contribution in [1.82, 2.24) is 0 Å². The standard InChI is InChI=1S/C9H12O3/c1-3-4-5-7-9(11)8(10)6(2)12-7/h5,10H,3-4H2,1-2H3. The van der Waals surface area contributed by atoms with Gasteiger partial charge in [-0.15, -0.1) is 0 Å². The second kappa shape index (κ2) is 3.43. The van der Waals surface area contributed by atoms with Crippen LogP contribution in [0.4, 0.5) is 0 Å². The van der Waals surface area contributed by atoms with Crippen LogP contribution in [0.5, 0.6) is 0 Å². The molecule has 1 rings (SSSR count). The van der Waals surface area contributed by atoms with Crippen molar-refractivity contribution in [3.8, 4) is 0 Å². The smallest absolute Gasteiger partial charge is 0.265 e. The zero-order chi connectivity index (χ0) is 9.14. The molecule has 1 aliphatic rings. The summed E-state index contributed by atoms with van der Waals surface area (Å²) in [6.07, 6.45) is 3.45. The quantitative estimate of drug-likeness (QED) is 0.642. The largest absolute Gasteiger partial charge is 0.502 e. The molecule has 3 nitrogen and oxygen atoms in total. The van der Waals surface area contributed by atoms with Gasteiger partial charge in [0, 0.05) is 0 Å². The lowest BCUT2D eigenvalue weighted by Crippen LogP contribution is -1.98. The van der Waals surface area contributed by atoms with Crippen molar-refractivity contribution in [2.24, 2.45) is 0 Å². The summed E-state index contributed by atoms with van der Waals surface area (Å²) in [7, 11) is 0. The van der Waals surface area contributed by atoms with E-state index in [0.29, 0.717) is 5.76 Å². The van der Waals surface area contributed by atoms with Crippen LogP contribution in [0.1, 0.15) is 26.7 Å². The maximum absolute atomic E-state index is 11.1. The van der Waals surface area contributed by atoms with E-state index in [1.54, 1.807) is 13.0 Å². The van der Waals surface area contributed by atoms with Crippen molar-refractivity contribution in [3.63, 3.8) is 0 Å². The fraction of sp³-hybridized carbons (Fsp3) is 0.444. The summed E-state index contributed by atoms with van der Waals surface area (Å²) in [4.78, 5) is 11.1. The molecule has 0 unspecified atom stereocenters. The van der Waals surface area contributed by atoms with Gasteiger partial charge in [0.05, 0.1) is 0 Å². The molecule has 0 amide bonds. The minimum absolute atomic E-state index is 0.256. The molecule has 1 N–H and O–H groups in total. The molecule has 0 aromatic heterocycles. The molecule has 0 radical (unpaired) electrons. The lowest BCUT2D eigenvalue weighted by Gasteiger charge is -1.95. The van der Waals surface area contributed by atoms with Gasteiger partial charge in [-0.2, -0.15) is 0 Å². The van der Waals surface area contributed by atoms with Gasteiger partial charge in [-0.3, -0.25) is 4.79 Å². The van der Waals surface area contributed by atoms with Gasteiger partial charge in [0.1, 0.15) is 5.76 Å². The van der Waals surface area contributed by atoms with E-state index in [1.165, 1.54) is 0 Å². The fourth-order valence-electron chi connectivity index (χ4n) is 0.946. The predicted octanol–water partition coefficient (Wildman–Crippen LogP) is 2.06. The number of hydrogen-bond acceptors (Lipinski definition) is 3. The van der Waals surface area contributed by atoms with Crippen LogP contribution in [0.25, 0.3) is 0 Å². The van der Waals surface area contributed by atoms with Crippen LogP contribution in [0, 0.1) is 0 Å². The molecule has 1 heterocycles. The zero-order valence-corrected chi connectivity index (χ0v) is 7.26. The Balaban J connectivity index is 2.73. The Kier molecular flexibility index (Phi) is 2.53. The van der Waals surface area contributed by atoms with E-state index >= 15 is 0 Å². The number of rotatable bonds is 2. The van der Waals surface area contributed by atoms with Gasteiger partial charge in [-0.05, 0) is 19.4 Å². The minimum atomic E-state index is -0.402. The van der Waals surface area contributed by atoms with Crippen LogP contribution < -0.4 is 0 Å². The third kappa shape index (κ3) is 1.49. The summed E-state index contributed by atoms with van der Waals surface area (Å²) >= 11 is 0. The number of unbranched alkanes of at least 4 members (excludes halogenated alkanes) is 1. The normalized spacial score (nSPS) is 20.5. The molecule has 0 bridgehead atoms. The van der Waals surface area contributed by atoms with Crippen molar-refractivity contribution >= 4 is 5.78 Å².